The molecule has 0 aromatic heterocycles. The first-order valence-electron chi connectivity index (χ1n) is 16.0. The van der Waals surface area contributed by atoms with Crippen molar-refractivity contribution in [2.24, 2.45) is 22.2 Å². The van der Waals surface area contributed by atoms with Gasteiger partial charge in [0.1, 0.15) is 12.1 Å². The van der Waals surface area contributed by atoms with E-state index in [0.29, 0.717) is 30.0 Å². The van der Waals surface area contributed by atoms with Gasteiger partial charge in [-0.15, -0.1) is 0 Å². The van der Waals surface area contributed by atoms with Crippen LogP contribution in [0.5, 0.6) is 0 Å². The summed E-state index contributed by atoms with van der Waals surface area (Å²) in [5.74, 6) is -2.98. The summed E-state index contributed by atoms with van der Waals surface area (Å²) in [7, 11) is 0. The summed E-state index contributed by atoms with van der Waals surface area (Å²) in [5.41, 5.74) is 4.96. The molecule has 4 N–H and O–H groups in total. The fourth-order valence-corrected chi connectivity index (χ4v) is 6.83. The number of nitrogens with zero attached hydrogens (tertiary/aromatic N) is 2. The van der Waals surface area contributed by atoms with Crippen molar-refractivity contribution in [1.29, 1.82) is 0 Å². The molecule has 1 aromatic rings. The minimum absolute atomic E-state index is 0.0325. The maximum Gasteiger partial charge on any atom is 0.287 e. The van der Waals surface area contributed by atoms with Gasteiger partial charge in [-0.25, -0.2) is 0 Å². The Hall–Kier alpha value is -3.47. The lowest BCUT2D eigenvalue weighted by Gasteiger charge is -2.36. The number of ketones is 1. The monoisotopic (exact) mass is 643 g/mol. The van der Waals surface area contributed by atoms with E-state index in [-0.39, 0.29) is 31.2 Å². The van der Waals surface area contributed by atoms with Crippen molar-refractivity contribution in [2.75, 3.05) is 6.54 Å². The van der Waals surface area contributed by atoms with Crippen LogP contribution in [-0.2, 0) is 28.8 Å². The van der Waals surface area contributed by atoms with Crippen LogP contribution in [0.1, 0.15) is 97.5 Å². The molecule has 45 heavy (non-hydrogen) atoms. The van der Waals surface area contributed by atoms with Crippen molar-refractivity contribution < 1.29 is 28.8 Å². The van der Waals surface area contributed by atoms with E-state index in [1.54, 1.807) is 18.2 Å². The Morgan fingerprint density at radius 3 is 2.47 bits per heavy atom. The predicted octanol–water partition coefficient (Wildman–Crippen LogP) is 3.64. The van der Waals surface area contributed by atoms with Crippen molar-refractivity contribution in [1.82, 2.24) is 15.5 Å². The molecule has 1 aromatic carbocycles. The Balaban J connectivity index is 1.60. The summed E-state index contributed by atoms with van der Waals surface area (Å²) in [6, 6.07) is 4.09. The quantitative estimate of drug-likeness (QED) is 0.312. The molecular weight excluding hydrogens is 598 g/mol. The van der Waals surface area contributed by atoms with Crippen molar-refractivity contribution in [3.63, 3.8) is 0 Å². The number of carbonyl (C=O) groups is 5. The number of rotatable bonds is 11. The number of nitrogens with two attached hydrogens (primary N) is 1. The first-order chi connectivity index (χ1) is 21.2. The number of carbonyl (C=O) groups excluding carboxylic acids is 5. The largest absolute Gasteiger partial charge is 0.387 e. The third-order valence-electron chi connectivity index (χ3n) is 9.05. The predicted molar refractivity (Wildman–Crippen MR) is 170 cm³/mol. The molecule has 1 saturated carbocycles. The fourth-order valence-electron chi connectivity index (χ4n) is 6.64. The topological polar surface area (TPSA) is 160 Å². The van der Waals surface area contributed by atoms with E-state index < -0.39 is 52.6 Å². The molecule has 4 amide bonds. The van der Waals surface area contributed by atoms with E-state index in [1.165, 1.54) is 11.3 Å². The van der Waals surface area contributed by atoms with Crippen LogP contribution in [0.4, 0.5) is 0 Å². The lowest BCUT2D eigenvalue weighted by molar-refractivity contribution is -0.145. The van der Waals surface area contributed by atoms with Gasteiger partial charge in [0.2, 0.25) is 23.5 Å². The number of halogens is 1. The van der Waals surface area contributed by atoms with Crippen LogP contribution in [0.25, 0.3) is 0 Å². The van der Waals surface area contributed by atoms with Crippen LogP contribution in [-0.4, -0.2) is 70.3 Å². The molecular formula is C33H46ClN5O6. The normalized spacial score (nSPS) is 23.2. The van der Waals surface area contributed by atoms with Crippen LogP contribution in [0, 0.1) is 11.3 Å². The number of Topliss-reactive ketones (excluding diaryl/α,β-unsaturated/α-hetero) is 1. The number of likely N-dealkylation sites (tertiary alicyclic amines) is 1. The zero-order valence-corrected chi connectivity index (χ0v) is 27.5. The number of benzene rings is 1. The van der Waals surface area contributed by atoms with Crippen LogP contribution in [0.15, 0.2) is 29.4 Å². The molecule has 1 spiro atoms. The SMILES string of the molecule is CCC[C@H](NC(=O)[C@@H]1C[C@]2(CC(c3cccc(Cl)c3)=NO2)CN1C(=O)[C@@H](NC(=O)CC1CCCCC1)C(C)(C)C)C(=O)C(N)=O. The number of hydrogen-bond donors (Lipinski definition) is 3. The lowest BCUT2D eigenvalue weighted by atomic mass is 9.84. The van der Waals surface area contributed by atoms with Gasteiger partial charge in [-0.2, -0.15) is 0 Å². The Bertz CT molecular complexity index is 1340. The Kier molecular flexibility index (Phi) is 10.9. The van der Waals surface area contributed by atoms with Crippen LogP contribution < -0.4 is 16.4 Å². The first-order valence-corrected chi connectivity index (χ1v) is 16.4. The van der Waals surface area contributed by atoms with Gasteiger partial charge in [0.25, 0.3) is 5.91 Å². The maximum atomic E-state index is 14.4. The molecule has 0 bridgehead atoms. The van der Waals surface area contributed by atoms with Gasteiger partial charge in [-0.3, -0.25) is 24.0 Å². The molecule has 2 fully saturated rings. The highest BCUT2D eigenvalue weighted by Gasteiger charge is 2.55. The van der Waals surface area contributed by atoms with E-state index in [0.717, 1.165) is 31.2 Å². The molecule has 11 nitrogen and oxygen atoms in total. The molecule has 0 radical (unpaired) electrons. The summed E-state index contributed by atoms with van der Waals surface area (Å²) in [6.45, 7) is 7.45. The van der Waals surface area contributed by atoms with Gasteiger partial charge < -0.3 is 26.1 Å². The summed E-state index contributed by atoms with van der Waals surface area (Å²) in [4.78, 5) is 73.2. The van der Waals surface area contributed by atoms with E-state index in [1.807, 2.05) is 33.8 Å². The molecule has 1 saturated heterocycles. The van der Waals surface area contributed by atoms with Crippen molar-refractivity contribution in [2.45, 2.75) is 116 Å². The second-order valence-electron chi connectivity index (χ2n) is 13.8. The van der Waals surface area contributed by atoms with Crippen LogP contribution in [0.2, 0.25) is 5.02 Å². The van der Waals surface area contributed by atoms with Gasteiger partial charge in [-0.1, -0.05) is 82.3 Å². The standard InChI is InChI=1S/C33H46ClN5O6/c1-5-10-23(27(41)29(35)42)36-30(43)25-18-33(17-24(38-45-33)21-13-9-14-22(34)16-21)19-39(25)31(44)28(32(2,3)4)37-26(40)15-20-11-7-6-8-12-20/h9,13-14,16,20,23,25,28H,5-8,10-12,15,17-19H2,1-4H3,(H2,35,42)(H,36,43)(H,37,40)/t23-,25-,28+,33+/m0/s1. The molecule has 3 aliphatic rings. The Labute approximate surface area is 270 Å². The molecule has 4 atom stereocenters. The third kappa shape index (κ3) is 8.42. The highest BCUT2D eigenvalue weighted by Crippen LogP contribution is 2.40. The maximum absolute atomic E-state index is 14.4. The fraction of sp³-hybridized carbons (Fsp3) is 0.636. The van der Waals surface area contributed by atoms with E-state index in [4.69, 9.17) is 22.2 Å². The van der Waals surface area contributed by atoms with Gasteiger partial charge in [0, 0.05) is 29.8 Å². The summed E-state index contributed by atoms with van der Waals surface area (Å²) >= 11 is 6.21. The summed E-state index contributed by atoms with van der Waals surface area (Å²) < 4.78 is 0. The van der Waals surface area contributed by atoms with E-state index >= 15 is 0 Å². The number of amides is 4. The van der Waals surface area contributed by atoms with Gasteiger partial charge in [0.15, 0.2) is 5.60 Å². The molecule has 2 aliphatic heterocycles. The average molecular weight is 644 g/mol. The van der Waals surface area contributed by atoms with Crippen molar-refractivity contribution in [3.8, 4) is 0 Å². The molecule has 1 aliphatic carbocycles. The average Bonchev–Trinajstić information content (AvgIpc) is 3.58. The van der Waals surface area contributed by atoms with E-state index in [9.17, 15) is 24.0 Å². The number of oxime groups is 1. The molecule has 12 heteroatoms. The van der Waals surface area contributed by atoms with Crippen LogP contribution in [0.3, 0.4) is 0 Å². The molecule has 246 valence electrons. The second-order valence-corrected chi connectivity index (χ2v) is 14.3. The van der Waals surface area contributed by atoms with E-state index in [2.05, 4.69) is 15.8 Å². The molecule has 0 unspecified atom stereocenters. The highest BCUT2D eigenvalue weighted by atomic mass is 35.5. The van der Waals surface area contributed by atoms with Crippen LogP contribution >= 0.6 is 11.6 Å². The zero-order valence-electron chi connectivity index (χ0n) is 26.7. The van der Waals surface area contributed by atoms with Gasteiger partial charge in [0.05, 0.1) is 18.3 Å². The summed E-state index contributed by atoms with van der Waals surface area (Å²) in [6.07, 6.45) is 6.84. The van der Waals surface area contributed by atoms with Crippen molar-refractivity contribution in [3.05, 3.63) is 34.9 Å². The second kappa shape index (κ2) is 14.3. The lowest BCUT2D eigenvalue weighted by Crippen LogP contribution is -2.59. The Morgan fingerprint density at radius 2 is 1.84 bits per heavy atom. The number of primary amides is 1. The van der Waals surface area contributed by atoms with Crippen molar-refractivity contribution >= 4 is 46.7 Å². The highest BCUT2D eigenvalue weighted by molar-refractivity contribution is 6.37. The Morgan fingerprint density at radius 1 is 1.13 bits per heavy atom. The number of hydrogen-bond acceptors (Lipinski definition) is 7. The smallest absolute Gasteiger partial charge is 0.287 e. The molecule has 2 heterocycles. The summed E-state index contributed by atoms with van der Waals surface area (Å²) in [5, 5.41) is 10.5. The minimum atomic E-state index is -1.14. The van der Waals surface area contributed by atoms with Gasteiger partial charge >= 0.3 is 0 Å². The minimum Gasteiger partial charge on any atom is -0.387 e. The third-order valence-corrected chi connectivity index (χ3v) is 9.29. The van der Waals surface area contributed by atoms with Gasteiger partial charge in [-0.05, 0) is 42.7 Å². The first kappa shape index (κ1) is 34.4. The molecule has 4 rings (SSSR count). The number of nitrogens with one attached hydrogen (secondary N) is 2. The zero-order chi connectivity index (χ0) is 32.9.